The number of fused-ring (bicyclic) bond motifs is 1. The fraction of sp³-hybridized carbons (Fsp3) is 0.0645. The molecule has 0 atom stereocenters. The molecule has 6 nitrogen and oxygen atoms in total. The molecule has 0 fully saturated rings. The monoisotopic (exact) mass is 486 g/mol. The van der Waals surface area contributed by atoms with Gasteiger partial charge in [-0.1, -0.05) is 66.7 Å². The molecule has 1 aromatic heterocycles. The average Bonchev–Trinajstić information content (AvgIpc) is 3.35. The summed E-state index contributed by atoms with van der Waals surface area (Å²) in [6.45, 7) is 2.69. The van der Waals surface area contributed by atoms with Crippen LogP contribution in [0.5, 0.6) is 0 Å². The molecule has 0 saturated heterocycles. The molecule has 0 spiro atoms. The van der Waals surface area contributed by atoms with E-state index in [4.69, 9.17) is 0 Å². The topological polar surface area (TPSA) is 86.9 Å². The summed E-state index contributed by atoms with van der Waals surface area (Å²) >= 11 is 0. The van der Waals surface area contributed by atoms with Gasteiger partial charge in [0, 0.05) is 34.4 Å². The van der Waals surface area contributed by atoms with Crippen LogP contribution in [0, 0.1) is 0 Å². The van der Waals surface area contributed by atoms with E-state index in [2.05, 4.69) is 20.8 Å². The number of rotatable bonds is 8. The lowest BCUT2D eigenvalue weighted by molar-refractivity contribution is 0.102. The Morgan fingerprint density at radius 2 is 1.62 bits per heavy atom. The van der Waals surface area contributed by atoms with Gasteiger partial charge in [0.15, 0.2) is 5.78 Å². The van der Waals surface area contributed by atoms with Crippen molar-refractivity contribution in [1.29, 1.82) is 0 Å². The summed E-state index contributed by atoms with van der Waals surface area (Å²) in [4.78, 5) is 26.2. The van der Waals surface area contributed by atoms with Crippen molar-refractivity contribution >= 4 is 46.1 Å². The molecule has 0 aliphatic rings. The number of H-pyrrole nitrogens is 1. The highest BCUT2D eigenvalue weighted by molar-refractivity contribution is 6.12. The number of carbonyl (C=O) groups is 2. The number of hydrogen-bond acceptors (Lipinski definition) is 4. The highest BCUT2D eigenvalue weighted by Gasteiger charge is 2.15. The van der Waals surface area contributed by atoms with Crippen molar-refractivity contribution in [3.63, 3.8) is 0 Å². The highest BCUT2D eigenvalue weighted by atomic mass is 16.1. The molecule has 37 heavy (non-hydrogen) atoms. The Balaban J connectivity index is 1.35. The fourth-order valence-electron chi connectivity index (χ4n) is 4.18. The zero-order chi connectivity index (χ0) is 25.6. The molecule has 3 N–H and O–H groups in total. The standard InChI is InChI=1S/C31H26N4O2/c1-2-32-27-14-7-6-13-26(27)31(37)33-24-12-8-11-22(19-24)30(36)23-16-17-25-28(34-35-29(25)20-23)18-15-21-9-4-3-5-10-21/h3-20,32H,2H2,1H3,(H,33,37)(H,34,35)/b18-15+. The van der Waals surface area contributed by atoms with Gasteiger partial charge in [-0.25, -0.2) is 0 Å². The van der Waals surface area contributed by atoms with E-state index in [9.17, 15) is 9.59 Å². The quantitative estimate of drug-likeness (QED) is 0.214. The van der Waals surface area contributed by atoms with Gasteiger partial charge in [0.05, 0.1) is 16.8 Å². The normalized spacial score (nSPS) is 11.1. The predicted octanol–water partition coefficient (Wildman–Crippen LogP) is 6.65. The zero-order valence-corrected chi connectivity index (χ0v) is 20.4. The Labute approximate surface area is 215 Å². The van der Waals surface area contributed by atoms with Crippen LogP contribution in [0.25, 0.3) is 23.1 Å². The fourth-order valence-corrected chi connectivity index (χ4v) is 4.18. The minimum Gasteiger partial charge on any atom is -0.385 e. The number of carbonyl (C=O) groups excluding carboxylic acids is 2. The zero-order valence-electron chi connectivity index (χ0n) is 20.4. The largest absolute Gasteiger partial charge is 0.385 e. The van der Waals surface area contributed by atoms with Crippen molar-refractivity contribution in [2.75, 3.05) is 17.2 Å². The number of nitrogens with one attached hydrogen (secondary N) is 3. The van der Waals surface area contributed by atoms with Gasteiger partial charge in [-0.15, -0.1) is 0 Å². The van der Waals surface area contributed by atoms with Crippen LogP contribution in [0.1, 0.15) is 44.5 Å². The second-order valence-corrected chi connectivity index (χ2v) is 8.55. The molecule has 1 amide bonds. The van der Waals surface area contributed by atoms with Crippen LogP contribution in [-0.4, -0.2) is 28.4 Å². The van der Waals surface area contributed by atoms with Gasteiger partial charge in [0.25, 0.3) is 5.91 Å². The molecule has 0 aliphatic carbocycles. The molecule has 0 radical (unpaired) electrons. The van der Waals surface area contributed by atoms with Gasteiger partial charge < -0.3 is 10.6 Å². The lowest BCUT2D eigenvalue weighted by atomic mass is 10.0. The third-order valence-corrected chi connectivity index (χ3v) is 6.01. The first kappa shape index (κ1) is 23.8. The smallest absolute Gasteiger partial charge is 0.257 e. The maximum atomic E-state index is 13.3. The molecule has 4 aromatic carbocycles. The minimum atomic E-state index is -0.240. The summed E-state index contributed by atoms with van der Waals surface area (Å²) in [6.07, 6.45) is 3.96. The summed E-state index contributed by atoms with van der Waals surface area (Å²) in [5.41, 5.74) is 5.56. The Kier molecular flexibility index (Phi) is 6.90. The van der Waals surface area contributed by atoms with Crippen molar-refractivity contribution in [3.8, 4) is 0 Å². The number of para-hydroxylation sites is 1. The minimum absolute atomic E-state index is 0.137. The van der Waals surface area contributed by atoms with Crippen LogP contribution >= 0.6 is 0 Å². The SMILES string of the molecule is CCNc1ccccc1C(=O)Nc1cccc(C(=O)c2ccc3c(/C=C/c4ccccc4)n[nH]c3c2)c1. The summed E-state index contributed by atoms with van der Waals surface area (Å²) in [6, 6.07) is 29.8. The number of anilines is 2. The number of aromatic amines is 1. The summed E-state index contributed by atoms with van der Waals surface area (Å²) in [5, 5.41) is 14.5. The number of hydrogen-bond donors (Lipinski definition) is 3. The Morgan fingerprint density at radius 3 is 2.46 bits per heavy atom. The summed E-state index contributed by atoms with van der Waals surface area (Å²) in [5.74, 6) is -0.377. The number of nitrogens with zero attached hydrogens (tertiary/aromatic N) is 1. The van der Waals surface area contributed by atoms with Gasteiger partial charge in [0.2, 0.25) is 0 Å². The molecule has 0 saturated carbocycles. The third kappa shape index (κ3) is 5.33. The van der Waals surface area contributed by atoms with E-state index < -0.39 is 0 Å². The molecule has 1 heterocycles. The Hall–Kier alpha value is -4.97. The van der Waals surface area contributed by atoms with Crippen molar-refractivity contribution in [1.82, 2.24) is 10.2 Å². The molecule has 0 bridgehead atoms. The molecule has 6 heteroatoms. The number of ketones is 1. The van der Waals surface area contributed by atoms with Crippen LogP contribution in [0.2, 0.25) is 0 Å². The first-order chi connectivity index (χ1) is 18.1. The molecule has 0 unspecified atom stereocenters. The third-order valence-electron chi connectivity index (χ3n) is 6.01. The van der Waals surface area contributed by atoms with E-state index in [1.807, 2.05) is 79.7 Å². The second-order valence-electron chi connectivity index (χ2n) is 8.55. The lowest BCUT2D eigenvalue weighted by Crippen LogP contribution is -2.15. The average molecular weight is 487 g/mol. The van der Waals surface area contributed by atoms with E-state index in [1.54, 1.807) is 36.4 Å². The number of benzene rings is 4. The van der Waals surface area contributed by atoms with Crippen molar-refractivity contribution in [2.45, 2.75) is 6.92 Å². The van der Waals surface area contributed by atoms with Gasteiger partial charge in [-0.05, 0) is 55.0 Å². The summed E-state index contributed by atoms with van der Waals surface area (Å²) in [7, 11) is 0. The molecular weight excluding hydrogens is 460 g/mol. The number of amides is 1. The van der Waals surface area contributed by atoms with Crippen LogP contribution < -0.4 is 10.6 Å². The van der Waals surface area contributed by atoms with E-state index in [1.165, 1.54) is 0 Å². The maximum Gasteiger partial charge on any atom is 0.257 e. The Bertz CT molecular complexity index is 1600. The second kappa shape index (κ2) is 10.7. The molecule has 0 aliphatic heterocycles. The first-order valence-electron chi connectivity index (χ1n) is 12.1. The van der Waals surface area contributed by atoms with Crippen molar-refractivity contribution in [2.24, 2.45) is 0 Å². The van der Waals surface area contributed by atoms with Gasteiger partial charge in [0.1, 0.15) is 0 Å². The number of aromatic nitrogens is 2. The predicted molar refractivity (Wildman–Crippen MR) is 150 cm³/mol. The van der Waals surface area contributed by atoms with Crippen LogP contribution in [0.3, 0.4) is 0 Å². The first-order valence-corrected chi connectivity index (χ1v) is 12.1. The van der Waals surface area contributed by atoms with E-state index in [0.29, 0.717) is 28.9 Å². The lowest BCUT2D eigenvalue weighted by Gasteiger charge is -2.11. The Morgan fingerprint density at radius 1 is 0.838 bits per heavy atom. The van der Waals surface area contributed by atoms with Crippen LogP contribution in [-0.2, 0) is 0 Å². The molecular formula is C31H26N4O2. The molecule has 5 rings (SSSR count). The highest BCUT2D eigenvalue weighted by Crippen LogP contribution is 2.23. The van der Waals surface area contributed by atoms with E-state index in [0.717, 1.165) is 27.8 Å². The van der Waals surface area contributed by atoms with Gasteiger partial charge in [-0.3, -0.25) is 14.7 Å². The van der Waals surface area contributed by atoms with Crippen molar-refractivity contribution in [3.05, 3.63) is 125 Å². The molecule has 182 valence electrons. The van der Waals surface area contributed by atoms with Gasteiger partial charge in [-0.2, -0.15) is 5.10 Å². The van der Waals surface area contributed by atoms with Gasteiger partial charge >= 0.3 is 0 Å². The van der Waals surface area contributed by atoms with E-state index in [-0.39, 0.29) is 11.7 Å². The molecule has 5 aromatic rings. The van der Waals surface area contributed by atoms with Crippen molar-refractivity contribution < 1.29 is 9.59 Å². The van der Waals surface area contributed by atoms with Crippen LogP contribution in [0.4, 0.5) is 11.4 Å². The van der Waals surface area contributed by atoms with E-state index >= 15 is 0 Å². The van der Waals surface area contributed by atoms with Crippen LogP contribution in [0.15, 0.2) is 97.1 Å². The maximum absolute atomic E-state index is 13.3. The summed E-state index contributed by atoms with van der Waals surface area (Å²) < 4.78 is 0.